The van der Waals surface area contributed by atoms with Gasteiger partial charge in [0.1, 0.15) is 5.03 Å². The number of hydrogen-bond acceptors (Lipinski definition) is 4. The number of carboxylic acids is 1. The molecule has 1 aromatic carbocycles. The molecular weight excluding hydrogens is 288 g/mol. The number of aromatic nitrogens is 1. The molecule has 0 saturated heterocycles. The number of carbonyl (C=O) groups is 2. The molecule has 0 fully saturated rings. The Kier molecular flexibility index (Phi) is 4.59. The number of pyridine rings is 1. The van der Waals surface area contributed by atoms with Crippen LogP contribution in [0.15, 0.2) is 52.5 Å². The molecule has 6 heteroatoms. The number of hydrogen-bond donors (Lipinski definition) is 1. The van der Waals surface area contributed by atoms with Crippen LogP contribution < -0.4 is 0 Å². The zero-order chi connectivity index (χ0) is 15.4. The first-order valence-electron chi connectivity index (χ1n) is 6.16. The number of carboxylic acid groups (broad SMARTS) is 1. The van der Waals surface area contributed by atoms with E-state index in [-0.39, 0.29) is 11.5 Å². The van der Waals surface area contributed by atoms with Gasteiger partial charge in [-0.15, -0.1) is 0 Å². The standard InChI is InChI=1S/C15H14N2O3S/c1-17(2)14(18)11-5-8-13(16-9-11)21-12-6-3-10(4-7-12)15(19)20/h3-9H,1-2H3,(H,19,20). The normalized spacial score (nSPS) is 10.2. The Morgan fingerprint density at radius 3 is 2.14 bits per heavy atom. The second-order valence-corrected chi connectivity index (χ2v) is 5.61. The summed E-state index contributed by atoms with van der Waals surface area (Å²) < 4.78 is 0. The van der Waals surface area contributed by atoms with E-state index in [0.717, 1.165) is 9.92 Å². The van der Waals surface area contributed by atoms with E-state index in [1.165, 1.54) is 22.9 Å². The summed E-state index contributed by atoms with van der Waals surface area (Å²) in [5.74, 6) is -1.04. The highest BCUT2D eigenvalue weighted by Gasteiger charge is 2.09. The summed E-state index contributed by atoms with van der Waals surface area (Å²) in [6.07, 6.45) is 1.54. The van der Waals surface area contributed by atoms with E-state index in [0.29, 0.717) is 5.56 Å². The SMILES string of the molecule is CN(C)C(=O)c1ccc(Sc2ccc(C(=O)O)cc2)nc1. The molecule has 0 atom stereocenters. The molecule has 0 aliphatic heterocycles. The maximum Gasteiger partial charge on any atom is 0.335 e. The first kappa shape index (κ1) is 15.1. The number of benzene rings is 1. The molecule has 2 rings (SSSR count). The lowest BCUT2D eigenvalue weighted by Crippen LogP contribution is -2.21. The minimum Gasteiger partial charge on any atom is -0.478 e. The molecule has 2 aromatic rings. The third-order valence-corrected chi connectivity index (χ3v) is 3.67. The average molecular weight is 302 g/mol. The summed E-state index contributed by atoms with van der Waals surface area (Å²) in [6, 6.07) is 10.1. The molecule has 0 spiro atoms. The van der Waals surface area contributed by atoms with E-state index < -0.39 is 5.97 Å². The van der Waals surface area contributed by atoms with Gasteiger partial charge in [-0.2, -0.15) is 0 Å². The summed E-state index contributed by atoms with van der Waals surface area (Å²) in [4.78, 5) is 29.1. The lowest BCUT2D eigenvalue weighted by molar-refractivity contribution is 0.0696. The van der Waals surface area contributed by atoms with Crippen molar-refractivity contribution in [2.75, 3.05) is 14.1 Å². The molecular formula is C15H14N2O3S. The smallest absolute Gasteiger partial charge is 0.335 e. The van der Waals surface area contributed by atoms with Crippen LogP contribution in [0.2, 0.25) is 0 Å². The van der Waals surface area contributed by atoms with Crippen LogP contribution in [0, 0.1) is 0 Å². The minimum atomic E-state index is -0.948. The van der Waals surface area contributed by atoms with Crippen LogP contribution >= 0.6 is 11.8 Å². The van der Waals surface area contributed by atoms with Crippen molar-refractivity contribution < 1.29 is 14.7 Å². The first-order valence-corrected chi connectivity index (χ1v) is 6.98. The predicted octanol–water partition coefficient (Wildman–Crippen LogP) is 2.63. The fourth-order valence-electron chi connectivity index (χ4n) is 1.61. The van der Waals surface area contributed by atoms with Crippen molar-refractivity contribution in [1.82, 2.24) is 9.88 Å². The van der Waals surface area contributed by atoms with Crippen LogP contribution in [-0.2, 0) is 0 Å². The number of amides is 1. The maximum absolute atomic E-state index is 11.7. The van der Waals surface area contributed by atoms with Gasteiger partial charge in [0.25, 0.3) is 5.91 Å². The first-order chi connectivity index (χ1) is 9.97. The lowest BCUT2D eigenvalue weighted by Gasteiger charge is -2.09. The summed E-state index contributed by atoms with van der Waals surface area (Å²) in [6.45, 7) is 0. The monoisotopic (exact) mass is 302 g/mol. The molecule has 0 saturated carbocycles. The van der Waals surface area contributed by atoms with Crippen LogP contribution in [-0.4, -0.2) is 41.0 Å². The fourth-order valence-corrected chi connectivity index (χ4v) is 2.37. The van der Waals surface area contributed by atoms with Crippen LogP contribution in [0.1, 0.15) is 20.7 Å². The highest BCUT2D eigenvalue weighted by Crippen LogP contribution is 2.26. The maximum atomic E-state index is 11.7. The highest BCUT2D eigenvalue weighted by atomic mass is 32.2. The highest BCUT2D eigenvalue weighted by molar-refractivity contribution is 7.99. The number of carbonyl (C=O) groups excluding carboxylic acids is 1. The second-order valence-electron chi connectivity index (χ2n) is 4.52. The molecule has 0 aliphatic carbocycles. The molecule has 1 heterocycles. The van der Waals surface area contributed by atoms with Gasteiger partial charge in [-0.05, 0) is 36.4 Å². The Morgan fingerprint density at radius 1 is 1.05 bits per heavy atom. The minimum absolute atomic E-state index is 0.0927. The molecule has 1 amide bonds. The van der Waals surface area contributed by atoms with Gasteiger partial charge in [0.05, 0.1) is 11.1 Å². The molecule has 1 aromatic heterocycles. The van der Waals surface area contributed by atoms with Crippen LogP contribution in [0.5, 0.6) is 0 Å². The Balaban J connectivity index is 2.09. The zero-order valence-corrected chi connectivity index (χ0v) is 12.4. The second kappa shape index (κ2) is 6.41. The molecule has 1 N–H and O–H groups in total. The van der Waals surface area contributed by atoms with Crippen molar-refractivity contribution in [3.8, 4) is 0 Å². The Labute approximate surface area is 126 Å². The third-order valence-electron chi connectivity index (χ3n) is 2.71. The zero-order valence-electron chi connectivity index (χ0n) is 11.6. The van der Waals surface area contributed by atoms with Crippen molar-refractivity contribution in [3.05, 3.63) is 53.7 Å². The van der Waals surface area contributed by atoms with Gasteiger partial charge < -0.3 is 10.0 Å². The van der Waals surface area contributed by atoms with E-state index in [4.69, 9.17) is 5.11 Å². The van der Waals surface area contributed by atoms with E-state index in [9.17, 15) is 9.59 Å². The van der Waals surface area contributed by atoms with Crippen molar-refractivity contribution in [2.24, 2.45) is 0 Å². The van der Waals surface area contributed by atoms with Gasteiger partial charge in [0, 0.05) is 25.2 Å². The number of aromatic carboxylic acids is 1. The fraction of sp³-hybridized carbons (Fsp3) is 0.133. The van der Waals surface area contributed by atoms with Gasteiger partial charge in [0.2, 0.25) is 0 Å². The van der Waals surface area contributed by atoms with Crippen molar-refractivity contribution in [1.29, 1.82) is 0 Å². The van der Waals surface area contributed by atoms with Crippen LogP contribution in [0.25, 0.3) is 0 Å². The topological polar surface area (TPSA) is 70.5 Å². The number of nitrogens with zero attached hydrogens (tertiary/aromatic N) is 2. The summed E-state index contributed by atoms with van der Waals surface area (Å²) in [5, 5.41) is 9.58. The van der Waals surface area contributed by atoms with Crippen molar-refractivity contribution in [3.63, 3.8) is 0 Å². The Morgan fingerprint density at radius 2 is 1.67 bits per heavy atom. The molecule has 21 heavy (non-hydrogen) atoms. The molecule has 5 nitrogen and oxygen atoms in total. The van der Waals surface area contributed by atoms with Crippen LogP contribution in [0.3, 0.4) is 0 Å². The van der Waals surface area contributed by atoms with Gasteiger partial charge in [-0.1, -0.05) is 11.8 Å². The van der Waals surface area contributed by atoms with Crippen molar-refractivity contribution in [2.45, 2.75) is 9.92 Å². The van der Waals surface area contributed by atoms with E-state index in [2.05, 4.69) is 4.98 Å². The largest absolute Gasteiger partial charge is 0.478 e. The molecule has 0 aliphatic rings. The van der Waals surface area contributed by atoms with Gasteiger partial charge in [0.15, 0.2) is 0 Å². The summed E-state index contributed by atoms with van der Waals surface area (Å²) >= 11 is 1.41. The summed E-state index contributed by atoms with van der Waals surface area (Å²) in [5.41, 5.74) is 0.782. The van der Waals surface area contributed by atoms with E-state index in [1.807, 2.05) is 0 Å². The molecule has 108 valence electrons. The summed E-state index contributed by atoms with van der Waals surface area (Å²) in [7, 11) is 3.38. The number of rotatable bonds is 4. The van der Waals surface area contributed by atoms with Gasteiger partial charge in [-0.25, -0.2) is 9.78 Å². The molecule has 0 radical (unpaired) electrons. The Hall–Kier alpha value is -2.34. The van der Waals surface area contributed by atoms with E-state index >= 15 is 0 Å². The average Bonchev–Trinajstić information content (AvgIpc) is 2.47. The lowest BCUT2D eigenvalue weighted by atomic mass is 10.2. The van der Waals surface area contributed by atoms with Gasteiger partial charge in [-0.3, -0.25) is 4.79 Å². The Bertz CT molecular complexity index is 652. The van der Waals surface area contributed by atoms with Crippen molar-refractivity contribution >= 4 is 23.6 Å². The van der Waals surface area contributed by atoms with Gasteiger partial charge >= 0.3 is 5.97 Å². The third kappa shape index (κ3) is 3.82. The van der Waals surface area contributed by atoms with E-state index in [1.54, 1.807) is 50.5 Å². The molecule has 0 bridgehead atoms. The quantitative estimate of drug-likeness (QED) is 0.940. The molecule has 0 unspecified atom stereocenters. The van der Waals surface area contributed by atoms with Crippen LogP contribution in [0.4, 0.5) is 0 Å². The predicted molar refractivity (Wildman–Crippen MR) is 79.8 cm³/mol.